The van der Waals surface area contributed by atoms with Crippen LogP contribution < -0.4 is 0 Å². The minimum atomic E-state index is -5.90. The Morgan fingerprint density at radius 2 is 1.45 bits per heavy atom. The molecule has 0 radical (unpaired) electrons. The highest BCUT2D eigenvalue weighted by Crippen LogP contribution is 2.61. The summed E-state index contributed by atoms with van der Waals surface area (Å²) in [5.74, 6) is -3.42. The van der Waals surface area contributed by atoms with Gasteiger partial charge in [0.1, 0.15) is 0 Å². The zero-order valence-electron chi connectivity index (χ0n) is 10.3. The first-order valence-electron chi connectivity index (χ1n) is 5.83. The lowest BCUT2D eigenvalue weighted by Crippen LogP contribution is -2.66. The first-order chi connectivity index (χ1) is 8.82. The Kier molecular flexibility index (Phi) is 3.24. The molecule has 0 aromatic carbocycles. The molecule has 0 amide bonds. The second-order valence-electron chi connectivity index (χ2n) is 5.39. The normalized spacial score (nSPS) is 31.1. The summed E-state index contributed by atoms with van der Waals surface area (Å²) in [4.78, 5) is 0. The average Bonchev–Trinajstić information content (AvgIpc) is 2.71. The maximum Gasteiger partial charge on any atom is 0.417 e. The van der Waals surface area contributed by atoms with E-state index in [4.69, 9.17) is 0 Å². The Labute approximate surface area is 111 Å². The zero-order chi connectivity index (χ0) is 15.6. The van der Waals surface area contributed by atoms with E-state index in [2.05, 4.69) is 0 Å². The van der Waals surface area contributed by atoms with E-state index in [1.165, 1.54) is 6.08 Å². The van der Waals surface area contributed by atoms with Crippen molar-refractivity contribution < 1.29 is 34.8 Å². The molecular weight excluding hydrogens is 310 g/mol. The van der Waals surface area contributed by atoms with E-state index in [9.17, 15) is 34.8 Å². The van der Waals surface area contributed by atoms with E-state index in [0.717, 1.165) is 0 Å². The Morgan fingerprint density at radius 1 is 0.950 bits per heavy atom. The van der Waals surface area contributed by atoms with Crippen molar-refractivity contribution in [3.05, 3.63) is 12.2 Å². The van der Waals surface area contributed by atoms with Crippen molar-refractivity contribution in [1.29, 1.82) is 0 Å². The van der Waals surface area contributed by atoms with Gasteiger partial charge in [0.25, 0.3) is 4.75 Å². The zero-order valence-corrected chi connectivity index (χ0v) is 11.1. The number of halogens is 6. The van der Waals surface area contributed by atoms with Crippen molar-refractivity contribution in [1.82, 2.24) is 0 Å². The molecule has 2 aliphatic carbocycles. The number of sulfone groups is 1. The lowest BCUT2D eigenvalue weighted by atomic mass is 9.80. The van der Waals surface area contributed by atoms with Gasteiger partial charge in [0, 0.05) is 12.2 Å². The minimum absolute atomic E-state index is 0.0175. The summed E-state index contributed by atoms with van der Waals surface area (Å²) in [6.07, 6.45) is -9.22. The van der Waals surface area contributed by atoms with Gasteiger partial charge in [0.05, 0.1) is 0 Å². The molecule has 2 aliphatic rings. The second kappa shape index (κ2) is 4.14. The van der Waals surface area contributed by atoms with Gasteiger partial charge in [0.2, 0.25) is 0 Å². The van der Waals surface area contributed by atoms with Gasteiger partial charge in [-0.3, -0.25) is 0 Å². The van der Waals surface area contributed by atoms with Crippen LogP contribution in [-0.4, -0.2) is 31.8 Å². The van der Waals surface area contributed by atoms with Crippen LogP contribution in [0.1, 0.15) is 12.8 Å². The number of rotatable bonds is 2. The van der Waals surface area contributed by atoms with Crippen molar-refractivity contribution in [2.24, 2.45) is 17.8 Å². The minimum Gasteiger partial charge on any atom is -0.228 e. The monoisotopic (exact) mass is 322 g/mol. The Bertz CT molecular complexity index is 516. The molecule has 3 unspecified atom stereocenters. The molecule has 116 valence electrons. The van der Waals surface area contributed by atoms with Crippen molar-refractivity contribution in [3.63, 3.8) is 0 Å². The maximum absolute atomic E-state index is 13.2. The summed E-state index contributed by atoms with van der Waals surface area (Å²) >= 11 is 0. The third-order valence-electron chi connectivity index (χ3n) is 4.23. The van der Waals surface area contributed by atoms with Crippen LogP contribution in [0, 0.1) is 17.8 Å². The summed E-state index contributed by atoms with van der Waals surface area (Å²) < 4.78 is 97.7. The molecule has 2 bridgehead atoms. The molecule has 0 aromatic heterocycles. The second-order valence-corrected chi connectivity index (χ2v) is 7.58. The SMILES string of the molecule is CS(=O)(=O)C(C1CC2C=CC1C2)(C(F)(F)F)C(F)(F)F. The fourth-order valence-electron chi connectivity index (χ4n) is 3.52. The van der Waals surface area contributed by atoms with Gasteiger partial charge < -0.3 is 0 Å². The van der Waals surface area contributed by atoms with E-state index in [0.29, 0.717) is 0 Å². The molecule has 0 aliphatic heterocycles. The summed E-state index contributed by atoms with van der Waals surface area (Å²) in [6.45, 7) is 0. The molecular formula is C11H12F6O2S. The summed E-state index contributed by atoms with van der Waals surface area (Å²) in [5.41, 5.74) is 0. The van der Waals surface area contributed by atoms with Crippen molar-refractivity contribution in [2.75, 3.05) is 6.26 Å². The smallest absolute Gasteiger partial charge is 0.228 e. The Hall–Kier alpha value is -0.730. The van der Waals surface area contributed by atoms with Gasteiger partial charge in [-0.15, -0.1) is 0 Å². The van der Waals surface area contributed by atoms with Gasteiger partial charge >= 0.3 is 12.4 Å². The highest BCUT2D eigenvalue weighted by atomic mass is 32.2. The highest BCUT2D eigenvalue weighted by Gasteiger charge is 2.81. The van der Waals surface area contributed by atoms with E-state index >= 15 is 0 Å². The molecule has 0 heterocycles. The first-order valence-corrected chi connectivity index (χ1v) is 7.73. The number of fused-ring (bicyclic) bond motifs is 2. The molecule has 2 nitrogen and oxygen atoms in total. The van der Waals surface area contributed by atoms with Crippen molar-refractivity contribution >= 4 is 9.84 Å². The molecule has 0 saturated heterocycles. The van der Waals surface area contributed by atoms with Crippen LogP contribution in [0.25, 0.3) is 0 Å². The van der Waals surface area contributed by atoms with Crippen LogP contribution in [0.5, 0.6) is 0 Å². The standard InChI is InChI=1S/C11H12F6O2S/c1-20(18,19)9(10(12,13)14,11(15,16)17)8-5-6-2-3-7(8)4-6/h2-3,6-8H,4-5H2,1H3. The van der Waals surface area contributed by atoms with E-state index in [1.807, 2.05) is 0 Å². The fraction of sp³-hybridized carbons (Fsp3) is 0.818. The predicted molar refractivity (Wildman–Crippen MR) is 58.5 cm³/mol. The van der Waals surface area contributed by atoms with E-state index < -0.39 is 51.1 Å². The van der Waals surface area contributed by atoms with Gasteiger partial charge in [0.15, 0.2) is 9.84 Å². The number of allylic oxidation sites excluding steroid dienone is 2. The van der Waals surface area contributed by atoms with Crippen molar-refractivity contribution in [2.45, 2.75) is 29.9 Å². The molecule has 3 atom stereocenters. The molecule has 2 rings (SSSR count). The van der Waals surface area contributed by atoms with Crippen LogP contribution in [0.4, 0.5) is 26.3 Å². The fourth-order valence-corrected chi connectivity index (χ4v) is 5.19. The molecule has 20 heavy (non-hydrogen) atoms. The third-order valence-corrected chi connectivity index (χ3v) is 6.16. The Balaban J connectivity index is 2.69. The number of hydrogen-bond donors (Lipinski definition) is 0. The van der Waals surface area contributed by atoms with Crippen LogP contribution in [0.2, 0.25) is 0 Å². The molecule has 0 N–H and O–H groups in total. The van der Waals surface area contributed by atoms with Gasteiger partial charge in [-0.2, -0.15) is 26.3 Å². The number of hydrogen-bond acceptors (Lipinski definition) is 2. The number of alkyl halides is 6. The molecule has 0 spiro atoms. The van der Waals surface area contributed by atoms with Gasteiger partial charge in [-0.25, -0.2) is 8.42 Å². The molecule has 1 saturated carbocycles. The van der Waals surface area contributed by atoms with Crippen LogP contribution in [-0.2, 0) is 9.84 Å². The summed E-state index contributed by atoms with van der Waals surface area (Å²) in [5, 5.41) is 0. The van der Waals surface area contributed by atoms with Gasteiger partial charge in [-0.05, 0) is 24.7 Å². The molecule has 0 aromatic rings. The topological polar surface area (TPSA) is 34.1 Å². The van der Waals surface area contributed by atoms with Crippen LogP contribution in [0.3, 0.4) is 0 Å². The quantitative estimate of drug-likeness (QED) is 0.578. The Morgan fingerprint density at radius 3 is 1.70 bits per heavy atom. The lowest BCUT2D eigenvalue weighted by molar-refractivity contribution is -0.282. The molecule has 9 heteroatoms. The van der Waals surface area contributed by atoms with Gasteiger partial charge in [-0.1, -0.05) is 12.2 Å². The van der Waals surface area contributed by atoms with Crippen LogP contribution >= 0.6 is 0 Å². The van der Waals surface area contributed by atoms with Crippen molar-refractivity contribution in [3.8, 4) is 0 Å². The predicted octanol–water partition coefficient (Wildman–Crippen LogP) is 3.11. The first kappa shape index (κ1) is 15.7. The third kappa shape index (κ3) is 1.88. The lowest BCUT2D eigenvalue weighted by Gasteiger charge is -2.42. The van der Waals surface area contributed by atoms with Crippen LogP contribution in [0.15, 0.2) is 12.2 Å². The summed E-state index contributed by atoms with van der Waals surface area (Å²) in [7, 11) is -5.43. The van der Waals surface area contributed by atoms with E-state index in [-0.39, 0.29) is 12.7 Å². The summed E-state index contributed by atoms with van der Waals surface area (Å²) in [6, 6.07) is 0. The molecule has 1 fully saturated rings. The largest absolute Gasteiger partial charge is 0.417 e. The average molecular weight is 322 g/mol. The highest BCUT2D eigenvalue weighted by molar-refractivity contribution is 7.92. The maximum atomic E-state index is 13.2. The van der Waals surface area contributed by atoms with E-state index in [1.54, 1.807) is 6.08 Å².